The smallest absolute Gasteiger partial charge is 0.126 e. The van der Waals surface area contributed by atoms with E-state index in [1.807, 2.05) is 0 Å². The Morgan fingerprint density at radius 3 is 2.77 bits per heavy atom. The van der Waals surface area contributed by atoms with Crippen LogP contribution < -0.4 is 10.6 Å². The van der Waals surface area contributed by atoms with Crippen LogP contribution >= 0.6 is 11.3 Å². The molecule has 3 N–H and O–H groups in total. The molecule has 1 aromatic heterocycles. The van der Waals surface area contributed by atoms with Crippen molar-refractivity contribution in [3.05, 3.63) is 28.8 Å². The Bertz CT molecular complexity index is 691. The molecule has 5 heteroatoms. The zero-order valence-corrected chi connectivity index (χ0v) is 13.4. The van der Waals surface area contributed by atoms with E-state index in [-0.39, 0.29) is 6.10 Å². The van der Waals surface area contributed by atoms with Crippen LogP contribution in [0.25, 0.3) is 10.6 Å². The molecule has 116 valence electrons. The second-order valence-corrected chi connectivity index (χ2v) is 7.23. The highest BCUT2D eigenvalue weighted by Crippen LogP contribution is 2.40. The van der Waals surface area contributed by atoms with E-state index in [2.05, 4.69) is 23.1 Å². The van der Waals surface area contributed by atoms with Crippen molar-refractivity contribution >= 4 is 22.7 Å². The third-order valence-electron chi connectivity index (χ3n) is 4.66. The molecule has 1 atom stereocenters. The molecule has 1 saturated heterocycles. The van der Waals surface area contributed by atoms with Crippen LogP contribution in [0.1, 0.15) is 42.4 Å². The summed E-state index contributed by atoms with van der Waals surface area (Å²) >= 11 is 1.59. The third-order valence-corrected chi connectivity index (χ3v) is 5.89. The van der Waals surface area contributed by atoms with Crippen LogP contribution in [0.5, 0.6) is 0 Å². The lowest BCUT2D eigenvalue weighted by Crippen LogP contribution is -2.17. The molecule has 1 aliphatic heterocycles. The molecule has 1 fully saturated rings. The number of aliphatic hydroxyl groups is 1. The molecule has 4 nitrogen and oxygen atoms in total. The van der Waals surface area contributed by atoms with Gasteiger partial charge >= 0.3 is 0 Å². The number of rotatable bonds is 2. The van der Waals surface area contributed by atoms with Crippen LogP contribution in [0, 0.1) is 0 Å². The number of thiazole rings is 1. The van der Waals surface area contributed by atoms with Gasteiger partial charge in [0.15, 0.2) is 0 Å². The normalized spacial score (nSPS) is 21.1. The quantitative estimate of drug-likeness (QED) is 0.834. The molecule has 22 heavy (non-hydrogen) atoms. The number of nitrogens with zero attached hydrogens (tertiary/aromatic N) is 2. The molecule has 0 saturated carbocycles. The van der Waals surface area contributed by atoms with Gasteiger partial charge in [0.05, 0.1) is 16.7 Å². The number of hydrogen-bond donors (Lipinski definition) is 2. The predicted molar refractivity (Wildman–Crippen MR) is 91.3 cm³/mol. The van der Waals surface area contributed by atoms with Crippen LogP contribution in [-0.2, 0) is 6.42 Å². The summed E-state index contributed by atoms with van der Waals surface area (Å²) in [5, 5.41) is 11.1. The minimum atomic E-state index is -0.347. The van der Waals surface area contributed by atoms with Crippen molar-refractivity contribution in [2.45, 2.75) is 38.2 Å². The molecule has 0 spiro atoms. The van der Waals surface area contributed by atoms with Gasteiger partial charge in [0.1, 0.15) is 5.01 Å². The van der Waals surface area contributed by atoms with Gasteiger partial charge in [-0.25, -0.2) is 4.98 Å². The van der Waals surface area contributed by atoms with Gasteiger partial charge in [-0.3, -0.25) is 0 Å². The molecule has 4 rings (SSSR count). The minimum absolute atomic E-state index is 0.347. The number of hydrogen-bond acceptors (Lipinski definition) is 5. The maximum atomic E-state index is 10.1. The van der Waals surface area contributed by atoms with Crippen LogP contribution in [0.3, 0.4) is 0 Å². The van der Waals surface area contributed by atoms with Gasteiger partial charge in [0.2, 0.25) is 0 Å². The van der Waals surface area contributed by atoms with Crippen molar-refractivity contribution in [3.63, 3.8) is 0 Å². The van der Waals surface area contributed by atoms with Crippen molar-refractivity contribution in [3.8, 4) is 10.6 Å². The van der Waals surface area contributed by atoms with Crippen LogP contribution in [0.15, 0.2) is 18.2 Å². The minimum Gasteiger partial charge on any atom is -0.398 e. The second-order valence-electron chi connectivity index (χ2n) is 6.20. The highest BCUT2D eigenvalue weighted by Gasteiger charge is 2.24. The summed E-state index contributed by atoms with van der Waals surface area (Å²) in [4.78, 5) is 8.14. The number of aryl methyl sites for hydroxylation is 1. The van der Waals surface area contributed by atoms with Crippen molar-refractivity contribution in [2.24, 2.45) is 0 Å². The van der Waals surface area contributed by atoms with Gasteiger partial charge in [-0.15, -0.1) is 11.3 Å². The first kappa shape index (κ1) is 14.0. The summed E-state index contributed by atoms with van der Waals surface area (Å²) in [7, 11) is 0. The summed E-state index contributed by atoms with van der Waals surface area (Å²) in [5.41, 5.74) is 10.3. The van der Waals surface area contributed by atoms with E-state index in [0.29, 0.717) is 0 Å². The van der Waals surface area contributed by atoms with E-state index in [1.165, 1.54) is 18.5 Å². The molecule has 0 radical (unpaired) electrons. The van der Waals surface area contributed by atoms with Crippen LogP contribution in [0.4, 0.5) is 11.4 Å². The molecule has 0 bridgehead atoms. The molecule has 2 heterocycles. The summed E-state index contributed by atoms with van der Waals surface area (Å²) in [6.07, 6.45) is 5.00. The fourth-order valence-electron chi connectivity index (χ4n) is 3.43. The number of nitrogen functional groups attached to an aromatic ring is 1. The van der Waals surface area contributed by atoms with Gasteiger partial charge in [-0.2, -0.15) is 0 Å². The van der Waals surface area contributed by atoms with Crippen molar-refractivity contribution in [1.82, 2.24) is 4.98 Å². The molecule has 0 amide bonds. The fraction of sp³-hybridized carbons (Fsp3) is 0.471. The molecule has 1 aromatic carbocycles. The van der Waals surface area contributed by atoms with Crippen molar-refractivity contribution in [2.75, 3.05) is 23.7 Å². The first-order valence-electron chi connectivity index (χ1n) is 8.05. The van der Waals surface area contributed by atoms with Gasteiger partial charge in [0, 0.05) is 30.0 Å². The summed E-state index contributed by atoms with van der Waals surface area (Å²) in [5.74, 6) is 0. The molecule has 2 aromatic rings. The molecular formula is C17H21N3OS. The van der Waals surface area contributed by atoms with E-state index in [1.54, 1.807) is 11.3 Å². The lowest BCUT2D eigenvalue weighted by molar-refractivity contribution is 0.160. The zero-order valence-electron chi connectivity index (χ0n) is 12.6. The van der Waals surface area contributed by atoms with Gasteiger partial charge < -0.3 is 15.7 Å². The second kappa shape index (κ2) is 5.56. The van der Waals surface area contributed by atoms with Crippen molar-refractivity contribution in [1.29, 1.82) is 0 Å². The maximum absolute atomic E-state index is 10.1. The van der Waals surface area contributed by atoms with E-state index in [0.717, 1.165) is 59.2 Å². The first-order valence-corrected chi connectivity index (χ1v) is 8.86. The number of aliphatic hydroxyl groups excluding tert-OH is 1. The maximum Gasteiger partial charge on any atom is 0.126 e. The molecular weight excluding hydrogens is 294 g/mol. The molecule has 2 aliphatic rings. The third kappa shape index (κ3) is 2.38. The monoisotopic (exact) mass is 315 g/mol. The molecule has 1 unspecified atom stereocenters. The number of aromatic nitrogens is 1. The van der Waals surface area contributed by atoms with Gasteiger partial charge in [0.25, 0.3) is 0 Å². The van der Waals surface area contributed by atoms with Crippen molar-refractivity contribution < 1.29 is 5.11 Å². The Balaban J connectivity index is 1.68. The van der Waals surface area contributed by atoms with E-state index in [4.69, 9.17) is 10.7 Å². The van der Waals surface area contributed by atoms with Gasteiger partial charge in [-0.05, 0) is 50.3 Å². The van der Waals surface area contributed by atoms with E-state index in [9.17, 15) is 5.11 Å². The van der Waals surface area contributed by atoms with E-state index < -0.39 is 0 Å². The van der Waals surface area contributed by atoms with Gasteiger partial charge in [-0.1, -0.05) is 0 Å². The highest BCUT2D eigenvalue weighted by molar-refractivity contribution is 7.15. The number of benzene rings is 1. The Kier molecular flexibility index (Phi) is 3.54. The SMILES string of the molecule is Nc1cc(N2CCCC2)ccc1-c1nc2c(s1)C(O)CCC2. The first-order chi connectivity index (χ1) is 10.7. The average molecular weight is 315 g/mol. The van der Waals surface area contributed by atoms with Crippen LogP contribution in [-0.4, -0.2) is 23.2 Å². The standard InChI is InChI=1S/C17H21N3OS/c18-13-10-11(20-8-1-2-9-20)6-7-12(13)17-19-14-4-3-5-15(21)16(14)22-17/h6-7,10,15,21H,1-5,8-9,18H2. The van der Waals surface area contributed by atoms with Crippen LogP contribution in [0.2, 0.25) is 0 Å². The lowest BCUT2D eigenvalue weighted by Gasteiger charge is -2.18. The Morgan fingerprint density at radius 1 is 1.23 bits per heavy atom. The Labute approximate surface area is 134 Å². The lowest BCUT2D eigenvalue weighted by atomic mass is 10.0. The number of anilines is 2. The number of nitrogens with two attached hydrogens (primary N) is 1. The highest BCUT2D eigenvalue weighted by atomic mass is 32.1. The number of fused-ring (bicyclic) bond motifs is 1. The van der Waals surface area contributed by atoms with E-state index >= 15 is 0 Å². The predicted octanol–water partition coefficient (Wildman–Crippen LogP) is 3.36. The average Bonchev–Trinajstić information content (AvgIpc) is 3.17. The summed E-state index contributed by atoms with van der Waals surface area (Å²) < 4.78 is 0. The fourth-order valence-corrected chi connectivity index (χ4v) is 4.61. The summed E-state index contributed by atoms with van der Waals surface area (Å²) in [6.45, 7) is 2.24. The summed E-state index contributed by atoms with van der Waals surface area (Å²) in [6, 6.07) is 6.30. The zero-order chi connectivity index (χ0) is 15.1. The Hall–Kier alpha value is -1.59. The molecule has 1 aliphatic carbocycles. The topological polar surface area (TPSA) is 62.4 Å². The largest absolute Gasteiger partial charge is 0.398 e. The Morgan fingerprint density at radius 2 is 2.05 bits per heavy atom.